The molecule has 0 radical (unpaired) electrons. The highest BCUT2D eigenvalue weighted by atomic mass is 32.2. The fourth-order valence-electron chi connectivity index (χ4n) is 7.23. The maximum absolute atomic E-state index is 6.01. The van der Waals surface area contributed by atoms with Crippen LogP contribution in [-0.4, -0.2) is 9.97 Å². The smallest absolute Gasteiger partial charge is 0.252 e. The molecule has 0 unspecified atom stereocenters. The highest BCUT2D eigenvalue weighted by molar-refractivity contribution is 7.99. The Hall–Kier alpha value is -6.23. The minimum absolute atomic E-state index is 0.560. The van der Waals surface area contributed by atoms with E-state index < -0.39 is 0 Å². The number of hydrogen-bond donors (Lipinski definition) is 0. The van der Waals surface area contributed by atoms with Gasteiger partial charge in [0.25, 0.3) is 5.88 Å². The number of fused-ring (bicyclic) bond motifs is 8. The van der Waals surface area contributed by atoms with Crippen molar-refractivity contribution < 1.29 is 4.74 Å². The van der Waals surface area contributed by atoms with Crippen LogP contribution in [0.1, 0.15) is 0 Å². The number of benzene rings is 8. The fraction of sp³-hybridized carbons (Fsp3) is 0. The first-order valence-corrected chi connectivity index (χ1v) is 17.5. The summed E-state index contributed by atoms with van der Waals surface area (Å²) in [5.74, 6) is 1.37. The van der Waals surface area contributed by atoms with E-state index in [2.05, 4.69) is 162 Å². The molecule has 0 spiro atoms. The average molecular weight is 657 g/mol. The van der Waals surface area contributed by atoms with Crippen LogP contribution in [0.2, 0.25) is 0 Å². The fourth-order valence-corrected chi connectivity index (χ4v) is 8.13. The highest BCUT2D eigenvalue weighted by Crippen LogP contribution is 2.46. The van der Waals surface area contributed by atoms with Crippen LogP contribution in [0.5, 0.6) is 11.6 Å². The molecule has 1 aliphatic heterocycles. The standard InChI is InChI=1S/C46H28N2OS/c1-2-16-39-37(14-1)38-15-3-4-17-40(38)42-27-35(18-20-41(39)42)33-12-6-10-31(25-33)29-8-5-9-30(24-29)32-11-7-13-34(26-32)36-19-21-43-44(28-36)50-46-45(49-43)47-22-23-48-46/h1-28H. The van der Waals surface area contributed by atoms with E-state index in [-0.39, 0.29) is 0 Å². The summed E-state index contributed by atoms with van der Waals surface area (Å²) in [4.78, 5) is 9.79. The zero-order valence-electron chi connectivity index (χ0n) is 26.9. The molecule has 9 aromatic rings. The van der Waals surface area contributed by atoms with Crippen molar-refractivity contribution in [1.29, 1.82) is 0 Å². The quantitative estimate of drug-likeness (QED) is 0.177. The summed E-state index contributed by atoms with van der Waals surface area (Å²) in [5, 5.41) is 8.54. The van der Waals surface area contributed by atoms with Crippen LogP contribution in [0.25, 0.3) is 76.8 Å². The van der Waals surface area contributed by atoms with Crippen LogP contribution in [0, 0.1) is 0 Å². The molecular formula is C46H28N2OS. The van der Waals surface area contributed by atoms with Gasteiger partial charge in [-0.05, 0) is 113 Å². The van der Waals surface area contributed by atoms with Crippen LogP contribution in [0.3, 0.4) is 0 Å². The third kappa shape index (κ3) is 4.92. The third-order valence-electron chi connectivity index (χ3n) is 9.66. The van der Waals surface area contributed by atoms with E-state index in [0.29, 0.717) is 5.88 Å². The molecule has 3 nitrogen and oxygen atoms in total. The average Bonchev–Trinajstić information content (AvgIpc) is 3.20. The Kier molecular flexibility index (Phi) is 6.74. The molecule has 1 aromatic heterocycles. The van der Waals surface area contributed by atoms with Gasteiger partial charge in [-0.2, -0.15) is 0 Å². The summed E-state index contributed by atoms with van der Waals surface area (Å²) < 4.78 is 6.01. The van der Waals surface area contributed by atoms with Gasteiger partial charge in [0.1, 0.15) is 5.75 Å². The molecular weight excluding hydrogens is 629 g/mol. The third-order valence-corrected chi connectivity index (χ3v) is 10.7. The van der Waals surface area contributed by atoms with Crippen molar-refractivity contribution in [2.75, 3.05) is 0 Å². The second-order valence-corrected chi connectivity index (χ2v) is 13.7. The van der Waals surface area contributed by atoms with Gasteiger partial charge in [0.15, 0.2) is 5.03 Å². The van der Waals surface area contributed by atoms with E-state index in [1.165, 1.54) is 65.7 Å². The van der Waals surface area contributed by atoms with Crippen molar-refractivity contribution in [3.63, 3.8) is 0 Å². The Morgan fingerprint density at radius 2 is 0.800 bits per heavy atom. The molecule has 4 heteroatoms. The molecule has 8 aromatic carbocycles. The second kappa shape index (κ2) is 11.7. The van der Waals surface area contributed by atoms with Gasteiger partial charge in [-0.15, -0.1) is 0 Å². The Balaban J connectivity index is 0.989. The lowest BCUT2D eigenvalue weighted by Gasteiger charge is -2.18. The molecule has 0 N–H and O–H groups in total. The molecule has 0 amide bonds. The summed E-state index contributed by atoms with van der Waals surface area (Å²) in [5.41, 5.74) is 9.44. The maximum atomic E-state index is 6.01. The topological polar surface area (TPSA) is 35.0 Å². The number of rotatable bonds is 4. The summed E-state index contributed by atoms with van der Waals surface area (Å²) in [6.45, 7) is 0. The molecule has 234 valence electrons. The molecule has 50 heavy (non-hydrogen) atoms. The molecule has 0 fully saturated rings. The summed E-state index contributed by atoms with van der Waals surface area (Å²) in [6.07, 6.45) is 3.36. The lowest BCUT2D eigenvalue weighted by atomic mass is 9.91. The van der Waals surface area contributed by atoms with Gasteiger partial charge in [-0.3, -0.25) is 0 Å². The van der Waals surface area contributed by atoms with E-state index >= 15 is 0 Å². The SMILES string of the molecule is c1cc(-c2cccc(-c3ccc4c(c3)Sc3nccnc3O4)c2)cc(-c2cccc(-c3ccc4c5ccccc5c5ccccc5c4c3)c2)c1. The molecule has 2 heterocycles. The zero-order chi connectivity index (χ0) is 33.0. The van der Waals surface area contributed by atoms with Crippen molar-refractivity contribution >= 4 is 44.1 Å². The van der Waals surface area contributed by atoms with Crippen molar-refractivity contribution in [1.82, 2.24) is 9.97 Å². The summed E-state index contributed by atoms with van der Waals surface area (Å²) in [6, 6.07) is 57.2. The van der Waals surface area contributed by atoms with Gasteiger partial charge >= 0.3 is 0 Å². The molecule has 0 aliphatic carbocycles. The van der Waals surface area contributed by atoms with E-state index in [1.54, 1.807) is 24.2 Å². The molecule has 0 atom stereocenters. The maximum Gasteiger partial charge on any atom is 0.252 e. The number of ether oxygens (including phenoxy) is 1. The normalized spacial score (nSPS) is 12.1. The Bertz CT molecular complexity index is 2750. The van der Waals surface area contributed by atoms with Crippen LogP contribution >= 0.6 is 11.8 Å². The van der Waals surface area contributed by atoms with Crippen LogP contribution in [0.4, 0.5) is 0 Å². The second-order valence-electron chi connectivity index (χ2n) is 12.6. The van der Waals surface area contributed by atoms with Crippen molar-refractivity contribution in [2.24, 2.45) is 0 Å². The van der Waals surface area contributed by atoms with Crippen LogP contribution in [-0.2, 0) is 0 Å². The Labute approximate surface area is 293 Å². The predicted molar refractivity (Wildman–Crippen MR) is 207 cm³/mol. The predicted octanol–water partition coefficient (Wildman–Crippen LogP) is 12.9. The minimum atomic E-state index is 0.560. The first-order chi connectivity index (χ1) is 24.7. The van der Waals surface area contributed by atoms with E-state index in [0.717, 1.165) is 26.8 Å². The van der Waals surface area contributed by atoms with Gasteiger partial charge in [-0.1, -0.05) is 133 Å². The molecule has 0 saturated heterocycles. The minimum Gasteiger partial charge on any atom is -0.435 e. The largest absolute Gasteiger partial charge is 0.435 e. The summed E-state index contributed by atoms with van der Waals surface area (Å²) >= 11 is 1.59. The number of hydrogen-bond acceptors (Lipinski definition) is 4. The molecule has 0 saturated carbocycles. The van der Waals surface area contributed by atoms with Gasteiger partial charge in [0, 0.05) is 12.4 Å². The Morgan fingerprint density at radius 1 is 0.360 bits per heavy atom. The van der Waals surface area contributed by atoms with Gasteiger partial charge < -0.3 is 4.74 Å². The van der Waals surface area contributed by atoms with Crippen molar-refractivity contribution in [3.8, 4) is 56.1 Å². The monoisotopic (exact) mass is 656 g/mol. The van der Waals surface area contributed by atoms with E-state index in [1.807, 2.05) is 6.07 Å². The molecule has 0 bridgehead atoms. The lowest BCUT2D eigenvalue weighted by Crippen LogP contribution is -1.99. The zero-order valence-corrected chi connectivity index (χ0v) is 27.7. The van der Waals surface area contributed by atoms with Gasteiger partial charge in [-0.25, -0.2) is 9.97 Å². The van der Waals surface area contributed by atoms with Crippen molar-refractivity contribution in [3.05, 3.63) is 170 Å². The highest BCUT2D eigenvalue weighted by Gasteiger charge is 2.20. The first-order valence-electron chi connectivity index (χ1n) is 16.7. The van der Waals surface area contributed by atoms with E-state index in [4.69, 9.17) is 4.74 Å². The van der Waals surface area contributed by atoms with E-state index in [9.17, 15) is 0 Å². The van der Waals surface area contributed by atoms with Crippen molar-refractivity contribution in [2.45, 2.75) is 9.92 Å². The first kappa shape index (κ1) is 28.8. The Morgan fingerprint density at radius 3 is 1.36 bits per heavy atom. The van der Waals surface area contributed by atoms with Gasteiger partial charge in [0.05, 0.1) is 4.90 Å². The van der Waals surface area contributed by atoms with Gasteiger partial charge in [0.2, 0.25) is 0 Å². The summed E-state index contributed by atoms with van der Waals surface area (Å²) in [7, 11) is 0. The number of aromatic nitrogens is 2. The lowest BCUT2D eigenvalue weighted by molar-refractivity contribution is 0.429. The molecule has 1 aliphatic rings. The van der Waals surface area contributed by atoms with Crippen LogP contribution < -0.4 is 4.74 Å². The molecule has 10 rings (SSSR count). The van der Waals surface area contributed by atoms with Crippen LogP contribution in [0.15, 0.2) is 180 Å². The number of nitrogens with zero attached hydrogens (tertiary/aromatic N) is 2.